The maximum Gasteiger partial charge on any atom is 0.256 e. The van der Waals surface area contributed by atoms with E-state index in [0.717, 1.165) is 41.3 Å². The second-order valence-corrected chi connectivity index (χ2v) is 7.57. The van der Waals surface area contributed by atoms with Crippen molar-refractivity contribution in [2.45, 2.75) is 25.4 Å². The summed E-state index contributed by atoms with van der Waals surface area (Å²) in [7, 11) is 0. The Hall–Kier alpha value is -3.18. The summed E-state index contributed by atoms with van der Waals surface area (Å²) in [5.74, 6) is -0.129. The number of anilines is 2. The minimum atomic E-state index is -0.338. The molecule has 5 nitrogen and oxygen atoms in total. The van der Waals surface area contributed by atoms with Gasteiger partial charge in [-0.05, 0) is 53.8 Å². The Balaban J connectivity index is 1.41. The minimum absolute atomic E-state index is 0.0266. The summed E-state index contributed by atoms with van der Waals surface area (Å²) >= 11 is 0. The van der Waals surface area contributed by atoms with Gasteiger partial charge in [0.2, 0.25) is 0 Å². The van der Waals surface area contributed by atoms with Crippen LogP contribution in [0.15, 0.2) is 60.7 Å². The van der Waals surface area contributed by atoms with Crippen LogP contribution in [0.5, 0.6) is 0 Å². The van der Waals surface area contributed by atoms with Crippen molar-refractivity contribution in [3.63, 3.8) is 0 Å². The predicted octanol–water partition coefficient (Wildman–Crippen LogP) is 4.16. The molecule has 1 N–H and O–H groups in total. The number of ether oxygens (including phenoxy) is 1. The van der Waals surface area contributed by atoms with E-state index in [1.807, 2.05) is 60.7 Å². The lowest BCUT2D eigenvalue weighted by molar-refractivity contribution is -0.127. The molecule has 2 aliphatic heterocycles. The average molecular weight is 386 g/mol. The minimum Gasteiger partial charge on any atom is -0.368 e. The molecule has 2 amide bonds. The molecule has 0 spiro atoms. The highest BCUT2D eigenvalue weighted by atomic mass is 16.5. The van der Waals surface area contributed by atoms with Crippen LogP contribution in [0, 0.1) is 0 Å². The summed E-state index contributed by atoms with van der Waals surface area (Å²) in [5, 5.41) is 4.95. The van der Waals surface area contributed by atoms with E-state index >= 15 is 0 Å². The largest absolute Gasteiger partial charge is 0.368 e. The molecular formula is C24H22N2O3. The van der Waals surface area contributed by atoms with Gasteiger partial charge in [-0.2, -0.15) is 0 Å². The number of hydrogen-bond acceptors (Lipinski definition) is 3. The third-order valence-electron chi connectivity index (χ3n) is 5.74. The number of benzene rings is 3. The van der Waals surface area contributed by atoms with Gasteiger partial charge < -0.3 is 15.0 Å². The van der Waals surface area contributed by atoms with E-state index in [1.165, 1.54) is 0 Å². The van der Waals surface area contributed by atoms with Crippen molar-refractivity contribution in [2.24, 2.45) is 0 Å². The molecule has 0 radical (unpaired) electrons. The molecule has 146 valence electrons. The van der Waals surface area contributed by atoms with Crippen molar-refractivity contribution in [1.29, 1.82) is 0 Å². The first kappa shape index (κ1) is 17.9. The van der Waals surface area contributed by atoms with Crippen LogP contribution < -0.4 is 10.2 Å². The van der Waals surface area contributed by atoms with Gasteiger partial charge in [-0.25, -0.2) is 0 Å². The molecule has 2 heterocycles. The van der Waals surface area contributed by atoms with Crippen molar-refractivity contribution < 1.29 is 14.3 Å². The Kier molecular flexibility index (Phi) is 4.52. The molecule has 1 fully saturated rings. The summed E-state index contributed by atoms with van der Waals surface area (Å²) in [6, 6.07) is 19.4. The van der Waals surface area contributed by atoms with Crippen LogP contribution in [0.4, 0.5) is 11.4 Å². The molecule has 0 bridgehead atoms. The fourth-order valence-corrected chi connectivity index (χ4v) is 4.25. The highest BCUT2D eigenvalue weighted by Crippen LogP contribution is 2.33. The van der Waals surface area contributed by atoms with Gasteiger partial charge in [0, 0.05) is 30.1 Å². The summed E-state index contributed by atoms with van der Waals surface area (Å²) in [5.41, 5.74) is 3.32. The normalized spacial score (nSPS) is 18.1. The molecule has 5 heteroatoms. The van der Waals surface area contributed by atoms with E-state index in [9.17, 15) is 9.59 Å². The first-order valence-corrected chi connectivity index (χ1v) is 10.1. The number of fused-ring (bicyclic) bond motifs is 2. The maximum absolute atomic E-state index is 12.9. The standard InChI is InChI=1S/C24H22N2O3/c27-23(20-8-3-6-16-5-1-2-7-19(16)20)25-18-11-10-17-12-13-26(21(17)15-18)24(28)22-9-4-14-29-22/h1-3,5-8,10-11,15,22H,4,9,12-14H2,(H,25,27). The molecule has 0 saturated carbocycles. The van der Waals surface area contributed by atoms with E-state index in [2.05, 4.69) is 5.32 Å². The highest BCUT2D eigenvalue weighted by Gasteiger charge is 2.32. The van der Waals surface area contributed by atoms with Crippen LogP contribution in [0.2, 0.25) is 0 Å². The molecule has 1 saturated heterocycles. The van der Waals surface area contributed by atoms with Gasteiger partial charge in [0.25, 0.3) is 11.8 Å². The van der Waals surface area contributed by atoms with E-state index in [4.69, 9.17) is 4.74 Å². The summed E-state index contributed by atoms with van der Waals surface area (Å²) < 4.78 is 5.57. The molecule has 1 atom stereocenters. The second kappa shape index (κ2) is 7.33. The number of hydrogen-bond donors (Lipinski definition) is 1. The number of rotatable bonds is 3. The van der Waals surface area contributed by atoms with Crippen LogP contribution >= 0.6 is 0 Å². The van der Waals surface area contributed by atoms with Crippen molar-refractivity contribution >= 4 is 34.0 Å². The van der Waals surface area contributed by atoms with E-state index in [1.54, 1.807) is 4.90 Å². The average Bonchev–Trinajstić information content (AvgIpc) is 3.43. The van der Waals surface area contributed by atoms with Crippen LogP contribution in [-0.4, -0.2) is 31.1 Å². The monoisotopic (exact) mass is 386 g/mol. The number of carbonyl (C=O) groups excluding carboxylic acids is 2. The third-order valence-corrected chi connectivity index (χ3v) is 5.74. The van der Waals surface area contributed by atoms with Crippen molar-refractivity contribution in [1.82, 2.24) is 0 Å². The second-order valence-electron chi connectivity index (χ2n) is 7.57. The van der Waals surface area contributed by atoms with E-state index in [0.29, 0.717) is 24.4 Å². The number of nitrogens with one attached hydrogen (secondary N) is 1. The van der Waals surface area contributed by atoms with Gasteiger partial charge in [0.1, 0.15) is 6.10 Å². The maximum atomic E-state index is 12.9. The van der Waals surface area contributed by atoms with Gasteiger partial charge in [-0.15, -0.1) is 0 Å². The molecule has 0 aliphatic carbocycles. The zero-order valence-corrected chi connectivity index (χ0v) is 16.1. The van der Waals surface area contributed by atoms with Crippen molar-refractivity contribution in [3.05, 3.63) is 71.8 Å². The molecule has 29 heavy (non-hydrogen) atoms. The molecule has 2 aliphatic rings. The topological polar surface area (TPSA) is 58.6 Å². The lowest BCUT2D eigenvalue weighted by Gasteiger charge is -2.21. The van der Waals surface area contributed by atoms with Gasteiger partial charge in [-0.3, -0.25) is 9.59 Å². The highest BCUT2D eigenvalue weighted by molar-refractivity contribution is 6.13. The zero-order valence-electron chi connectivity index (χ0n) is 16.1. The Bertz CT molecular complexity index is 1100. The van der Waals surface area contributed by atoms with Crippen molar-refractivity contribution in [3.8, 4) is 0 Å². The first-order valence-electron chi connectivity index (χ1n) is 10.1. The molecule has 0 aromatic heterocycles. The Morgan fingerprint density at radius 2 is 1.90 bits per heavy atom. The van der Waals surface area contributed by atoms with Gasteiger partial charge in [0.05, 0.1) is 0 Å². The molecule has 3 aromatic carbocycles. The molecule has 3 aromatic rings. The fourth-order valence-electron chi connectivity index (χ4n) is 4.25. The Morgan fingerprint density at radius 1 is 1.03 bits per heavy atom. The van der Waals surface area contributed by atoms with E-state index in [-0.39, 0.29) is 17.9 Å². The summed E-state index contributed by atoms with van der Waals surface area (Å²) in [4.78, 5) is 27.6. The van der Waals surface area contributed by atoms with Gasteiger partial charge in [-0.1, -0.05) is 42.5 Å². The van der Waals surface area contributed by atoms with Crippen LogP contribution in [0.25, 0.3) is 10.8 Å². The van der Waals surface area contributed by atoms with Crippen LogP contribution in [0.3, 0.4) is 0 Å². The molecular weight excluding hydrogens is 364 g/mol. The van der Waals surface area contributed by atoms with Gasteiger partial charge >= 0.3 is 0 Å². The number of amides is 2. The van der Waals surface area contributed by atoms with Crippen molar-refractivity contribution in [2.75, 3.05) is 23.4 Å². The first-order chi connectivity index (χ1) is 14.2. The van der Waals surface area contributed by atoms with Crippen LogP contribution in [-0.2, 0) is 16.0 Å². The zero-order chi connectivity index (χ0) is 19.8. The number of nitrogens with zero attached hydrogens (tertiary/aromatic N) is 1. The fraction of sp³-hybridized carbons (Fsp3) is 0.250. The Morgan fingerprint density at radius 3 is 2.76 bits per heavy atom. The Labute approximate surface area is 169 Å². The summed E-state index contributed by atoms with van der Waals surface area (Å²) in [6.45, 7) is 1.31. The molecule has 1 unspecified atom stereocenters. The van der Waals surface area contributed by atoms with E-state index < -0.39 is 0 Å². The smallest absolute Gasteiger partial charge is 0.256 e. The summed E-state index contributed by atoms with van der Waals surface area (Å²) in [6.07, 6.45) is 2.20. The number of carbonyl (C=O) groups is 2. The third kappa shape index (κ3) is 3.28. The quantitative estimate of drug-likeness (QED) is 0.735. The lowest BCUT2D eigenvalue weighted by Crippen LogP contribution is -2.37. The SMILES string of the molecule is O=C(Nc1ccc2c(c1)N(C(=O)C1CCCO1)CC2)c1cccc2ccccc12. The van der Waals surface area contributed by atoms with Gasteiger partial charge in [0.15, 0.2) is 0 Å². The molecule has 5 rings (SSSR count). The van der Waals surface area contributed by atoms with Crippen LogP contribution in [0.1, 0.15) is 28.8 Å². The lowest BCUT2D eigenvalue weighted by atomic mass is 10.0. The predicted molar refractivity (Wildman–Crippen MR) is 113 cm³/mol.